The smallest absolute Gasteiger partial charge is 0.337 e. The van der Waals surface area contributed by atoms with Crippen LogP contribution in [0.2, 0.25) is 15.1 Å². The van der Waals surface area contributed by atoms with Crippen LogP contribution in [0.25, 0.3) is 0 Å². The van der Waals surface area contributed by atoms with Crippen molar-refractivity contribution >= 4 is 62.4 Å². The molecule has 9 heteroatoms. The van der Waals surface area contributed by atoms with E-state index in [1.54, 1.807) is 37.4 Å². The summed E-state index contributed by atoms with van der Waals surface area (Å²) in [6.45, 7) is 0.671. The van der Waals surface area contributed by atoms with Gasteiger partial charge < -0.3 is 19.9 Å². The molecule has 2 N–H and O–H groups in total. The lowest BCUT2D eigenvalue weighted by Gasteiger charge is -2.16. The maximum atomic E-state index is 11.3. The number of benzene rings is 3. The molecular weight excluding hydrogens is 529 g/mol. The van der Waals surface area contributed by atoms with Crippen molar-refractivity contribution in [3.8, 4) is 11.5 Å². The highest BCUT2D eigenvalue weighted by Gasteiger charge is 2.14. The summed E-state index contributed by atoms with van der Waals surface area (Å²) in [7, 11) is 1.56. The highest BCUT2D eigenvalue weighted by atomic mass is 79.9. The molecule has 31 heavy (non-hydrogen) atoms. The van der Waals surface area contributed by atoms with Gasteiger partial charge in [0, 0.05) is 27.8 Å². The third kappa shape index (κ3) is 5.98. The van der Waals surface area contributed by atoms with E-state index in [0.717, 1.165) is 11.1 Å². The van der Waals surface area contributed by atoms with Crippen LogP contribution in [0.3, 0.4) is 0 Å². The number of hydrogen-bond acceptors (Lipinski definition) is 4. The van der Waals surface area contributed by atoms with Crippen LogP contribution in [-0.4, -0.2) is 18.2 Å². The minimum absolute atomic E-state index is 0.0371. The molecule has 0 saturated heterocycles. The number of rotatable bonds is 8. The summed E-state index contributed by atoms with van der Waals surface area (Å²) in [5.74, 6) is -0.00382. The van der Waals surface area contributed by atoms with Gasteiger partial charge in [0.05, 0.1) is 22.2 Å². The van der Waals surface area contributed by atoms with Gasteiger partial charge >= 0.3 is 5.97 Å². The third-order valence-electron chi connectivity index (χ3n) is 4.37. The molecular formula is C22H17BrCl3NO4. The van der Waals surface area contributed by atoms with Crippen molar-refractivity contribution < 1.29 is 19.4 Å². The minimum Gasteiger partial charge on any atom is -0.493 e. The van der Waals surface area contributed by atoms with Crippen LogP contribution in [0.4, 0.5) is 5.69 Å². The first kappa shape index (κ1) is 23.5. The van der Waals surface area contributed by atoms with Crippen LogP contribution in [-0.2, 0) is 13.2 Å². The summed E-state index contributed by atoms with van der Waals surface area (Å²) in [6.07, 6.45) is 0. The lowest BCUT2D eigenvalue weighted by molar-refractivity contribution is 0.0697. The fourth-order valence-electron chi connectivity index (χ4n) is 2.81. The monoisotopic (exact) mass is 543 g/mol. The maximum absolute atomic E-state index is 11.3. The zero-order chi connectivity index (χ0) is 22.5. The molecule has 0 aliphatic carbocycles. The van der Waals surface area contributed by atoms with Crippen molar-refractivity contribution in [3.63, 3.8) is 0 Å². The fraction of sp³-hybridized carbons (Fsp3) is 0.136. The predicted octanol–water partition coefficient (Wildman–Crippen LogP) is 7.31. The molecule has 0 saturated carbocycles. The van der Waals surface area contributed by atoms with Crippen LogP contribution >= 0.6 is 50.7 Å². The second kappa shape index (κ2) is 10.5. The molecule has 3 aromatic carbocycles. The number of methoxy groups -OCH3 is 1. The van der Waals surface area contributed by atoms with Crippen LogP contribution in [0.1, 0.15) is 21.5 Å². The first-order valence-corrected chi connectivity index (χ1v) is 10.9. The van der Waals surface area contributed by atoms with E-state index < -0.39 is 5.97 Å². The number of hydrogen-bond donors (Lipinski definition) is 2. The summed E-state index contributed by atoms with van der Waals surface area (Å²) in [6, 6.07) is 13.7. The Labute approximate surface area is 203 Å². The summed E-state index contributed by atoms with van der Waals surface area (Å²) < 4.78 is 12.1. The van der Waals surface area contributed by atoms with Gasteiger partial charge in [0.2, 0.25) is 0 Å². The summed E-state index contributed by atoms with van der Waals surface area (Å²) in [4.78, 5) is 11.3. The SMILES string of the molecule is COc1cc(CNc2ccc(Cl)c(C(=O)O)c2)cc(Br)c1OCc1ccc(Cl)cc1Cl. The first-order valence-electron chi connectivity index (χ1n) is 8.98. The maximum Gasteiger partial charge on any atom is 0.337 e. The van der Waals surface area contributed by atoms with E-state index in [-0.39, 0.29) is 17.2 Å². The number of halogens is 4. The van der Waals surface area contributed by atoms with Gasteiger partial charge in [0.25, 0.3) is 0 Å². The van der Waals surface area contributed by atoms with E-state index in [2.05, 4.69) is 21.2 Å². The standard InChI is InChI=1S/C22H17BrCl3NO4/c1-30-20-7-12(10-27-15-4-5-18(25)16(9-15)22(28)29)6-17(23)21(20)31-11-13-2-3-14(24)8-19(13)26/h2-9,27H,10-11H2,1H3,(H,28,29). The van der Waals surface area contributed by atoms with Crippen LogP contribution in [0.5, 0.6) is 11.5 Å². The third-order valence-corrected chi connectivity index (χ3v) is 5.88. The van der Waals surface area contributed by atoms with Gasteiger partial charge in [-0.2, -0.15) is 0 Å². The Hall–Kier alpha value is -2.12. The Morgan fingerprint density at radius 3 is 2.52 bits per heavy atom. The van der Waals surface area contributed by atoms with Crippen molar-refractivity contribution in [1.29, 1.82) is 0 Å². The zero-order valence-corrected chi connectivity index (χ0v) is 20.1. The number of nitrogens with one attached hydrogen (secondary N) is 1. The van der Waals surface area contributed by atoms with E-state index in [9.17, 15) is 9.90 Å². The lowest BCUT2D eigenvalue weighted by Crippen LogP contribution is -2.04. The van der Waals surface area contributed by atoms with Gasteiger partial charge in [-0.25, -0.2) is 4.79 Å². The van der Waals surface area contributed by atoms with Crippen LogP contribution < -0.4 is 14.8 Å². The molecule has 0 radical (unpaired) electrons. The molecule has 0 aromatic heterocycles. The van der Waals surface area contributed by atoms with E-state index in [1.807, 2.05) is 12.1 Å². The quantitative estimate of drug-likeness (QED) is 0.311. The molecule has 0 aliphatic rings. The molecule has 162 valence electrons. The van der Waals surface area contributed by atoms with Gasteiger partial charge in [-0.3, -0.25) is 0 Å². The predicted molar refractivity (Wildman–Crippen MR) is 127 cm³/mol. The van der Waals surface area contributed by atoms with Gasteiger partial charge in [0.1, 0.15) is 6.61 Å². The largest absolute Gasteiger partial charge is 0.493 e. The molecule has 0 bridgehead atoms. The van der Waals surface area contributed by atoms with E-state index >= 15 is 0 Å². The topological polar surface area (TPSA) is 67.8 Å². The van der Waals surface area contributed by atoms with Crippen LogP contribution in [0.15, 0.2) is 53.0 Å². The molecule has 0 fully saturated rings. The van der Waals surface area contributed by atoms with Gasteiger partial charge in [-0.15, -0.1) is 0 Å². The number of ether oxygens (including phenoxy) is 2. The lowest BCUT2D eigenvalue weighted by atomic mass is 10.1. The Bertz CT molecular complexity index is 1120. The Kier molecular flexibility index (Phi) is 7.94. The second-order valence-electron chi connectivity index (χ2n) is 6.49. The number of carboxylic acids is 1. The molecule has 0 amide bonds. The molecule has 3 aromatic rings. The van der Waals surface area contributed by atoms with Gasteiger partial charge in [0.15, 0.2) is 11.5 Å². The normalized spacial score (nSPS) is 10.6. The van der Waals surface area contributed by atoms with Gasteiger partial charge in [-0.05, 0) is 64.0 Å². The summed E-state index contributed by atoms with van der Waals surface area (Å²) >= 11 is 21.6. The Morgan fingerprint density at radius 1 is 1.06 bits per heavy atom. The Balaban J connectivity index is 1.74. The molecule has 0 spiro atoms. The van der Waals surface area contributed by atoms with Crippen LogP contribution in [0, 0.1) is 0 Å². The molecule has 5 nitrogen and oxygen atoms in total. The van der Waals surface area contributed by atoms with E-state index in [4.69, 9.17) is 44.3 Å². The fourth-order valence-corrected chi connectivity index (χ4v) is 4.07. The molecule has 0 heterocycles. The van der Waals surface area contributed by atoms with Crippen molar-refractivity contribution in [3.05, 3.63) is 84.8 Å². The number of carboxylic acid groups (broad SMARTS) is 1. The summed E-state index contributed by atoms with van der Waals surface area (Å²) in [5.41, 5.74) is 2.36. The van der Waals surface area contributed by atoms with Crippen molar-refractivity contribution in [1.82, 2.24) is 0 Å². The minimum atomic E-state index is -1.08. The molecule has 0 aliphatic heterocycles. The first-order chi connectivity index (χ1) is 14.8. The Morgan fingerprint density at radius 2 is 1.84 bits per heavy atom. The van der Waals surface area contributed by atoms with E-state index in [0.29, 0.717) is 38.2 Å². The average Bonchev–Trinajstić information content (AvgIpc) is 2.72. The van der Waals surface area contributed by atoms with E-state index in [1.165, 1.54) is 6.07 Å². The molecule has 0 unspecified atom stereocenters. The number of aromatic carboxylic acids is 1. The second-order valence-corrected chi connectivity index (χ2v) is 8.59. The summed E-state index contributed by atoms with van der Waals surface area (Å²) in [5, 5.41) is 13.7. The highest BCUT2D eigenvalue weighted by molar-refractivity contribution is 9.10. The average molecular weight is 546 g/mol. The van der Waals surface area contributed by atoms with Crippen molar-refractivity contribution in [2.75, 3.05) is 12.4 Å². The molecule has 0 atom stereocenters. The zero-order valence-electron chi connectivity index (χ0n) is 16.2. The molecule has 3 rings (SSSR count). The highest BCUT2D eigenvalue weighted by Crippen LogP contribution is 2.38. The van der Waals surface area contributed by atoms with Crippen molar-refractivity contribution in [2.24, 2.45) is 0 Å². The van der Waals surface area contributed by atoms with Gasteiger partial charge in [-0.1, -0.05) is 40.9 Å². The number of carbonyl (C=O) groups is 1. The number of anilines is 1. The van der Waals surface area contributed by atoms with Crippen molar-refractivity contribution in [2.45, 2.75) is 13.2 Å².